The number of carbonyl (C=O) groups is 4. The molecule has 1 aliphatic heterocycles. The Bertz CT molecular complexity index is 1300. The molecule has 1 saturated heterocycles. The van der Waals surface area contributed by atoms with Crippen LogP contribution in [0.5, 0.6) is 0 Å². The van der Waals surface area contributed by atoms with Crippen molar-refractivity contribution in [1.29, 1.82) is 0 Å². The minimum atomic E-state index is -1.42. The van der Waals surface area contributed by atoms with Crippen molar-refractivity contribution in [3.8, 4) is 11.1 Å². The van der Waals surface area contributed by atoms with Crippen LogP contribution in [0.2, 0.25) is 0 Å². The molecule has 2 aromatic rings. The van der Waals surface area contributed by atoms with Crippen LogP contribution in [0.4, 0.5) is 4.79 Å². The van der Waals surface area contributed by atoms with Crippen LogP contribution in [-0.4, -0.2) is 83.4 Å². The summed E-state index contributed by atoms with van der Waals surface area (Å²) in [7, 11) is -0.163. The van der Waals surface area contributed by atoms with E-state index in [2.05, 4.69) is 10.6 Å². The van der Waals surface area contributed by atoms with Gasteiger partial charge >= 0.3 is 12.1 Å². The predicted octanol–water partition coefficient (Wildman–Crippen LogP) is 2.97. The van der Waals surface area contributed by atoms with Gasteiger partial charge < -0.3 is 25.0 Å². The third-order valence-electron chi connectivity index (χ3n) is 7.68. The average molecular weight is 598 g/mol. The number of benzene rings is 2. The molecule has 0 spiro atoms. The summed E-state index contributed by atoms with van der Waals surface area (Å²) in [5.74, 6) is -1.85. The van der Waals surface area contributed by atoms with Crippen molar-refractivity contribution < 1.29 is 32.9 Å². The van der Waals surface area contributed by atoms with Gasteiger partial charge in [0.25, 0.3) is 0 Å². The van der Waals surface area contributed by atoms with Crippen LogP contribution >= 0.6 is 0 Å². The number of fused-ring (bicyclic) bond motifs is 3. The van der Waals surface area contributed by atoms with Crippen LogP contribution < -0.4 is 10.6 Å². The van der Waals surface area contributed by atoms with E-state index in [0.717, 1.165) is 22.3 Å². The average Bonchev–Trinajstić information content (AvgIpc) is 3.57. The van der Waals surface area contributed by atoms with E-state index in [0.29, 0.717) is 25.8 Å². The molecule has 42 heavy (non-hydrogen) atoms. The first-order valence-electron chi connectivity index (χ1n) is 14.2. The second-order valence-electron chi connectivity index (χ2n) is 11.2. The van der Waals surface area contributed by atoms with Gasteiger partial charge in [-0.05, 0) is 47.4 Å². The molecule has 2 N–H and O–H groups in total. The third kappa shape index (κ3) is 7.18. The molecule has 226 valence electrons. The fourth-order valence-corrected chi connectivity index (χ4v) is 6.47. The molecular weight excluding hydrogens is 558 g/mol. The summed E-state index contributed by atoms with van der Waals surface area (Å²) in [4.78, 5) is 53.4. The number of alkyl carbamates (subject to hydrolysis) is 1. The van der Waals surface area contributed by atoms with E-state index in [1.807, 2.05) is 62.4 Å². The Labute approximate surface area is 249 Å². The van der Waals surface area contributed by atoms with Crippen molar-refractivity contribution in [3.05, 3.63) is 59.7 Å². The quantitative estimate of drug-likeness (QED) is 0.381. The Morgan fingerprint density at radius 3 is 2.17 bits per heavy atom. The fourth-order valence-electron chi connectivity index (χ4n) is 5.78. The molecule has 2 aromatic carbocycles. The van der Waals surface area contributed by atoms with Crippen LogP contribution in [0.25, 0.3) is 11.1 Å². The molecule has 11 heteroatoms. The van der Waals surface area contributed by atoms with E-state index < -0.39 is 52.8 Å². The van der Waals surface area contributed by atoms with Crippen molar-refractivity contribution >= 4 is 34.7 Å². The molecule has 3 amide bonds. The minimum absolute atomic E-state index is 0.0337. The lowest BCUT2D eigenvalue weighted by Crippen LogP contribution is -2.57. The van der Waals surface area contributed by atoms with E-state index in [4.69, 9.17) is 9.47 Å². The standard InChI is InChI=1S/C31H39N3O7S/c1-19(2)16-25(28(35)32-26(18-42(4)39)29(36)34-15-9-14-27(34)30(37)40-3)33-31(38)41-17-24-22-12-7-5-10-20(22)21-11-6-8-13-23(21)24/h5-8,10-13,19,24-27H,9,14-18H2,1-4H3,(H,32,35)(H,33,38)/t25-,26-,27-,42?/m0/s1. The summed E-state index contributed by atoms with van der Waals surface area (Å²) >= 11 is 0. The highest BCUT2D eigenvalue weighted by Crippen LogP contribution is 2.44. The highest BCUT2D eigenvalue weighted by Gasteiger charge is 2.39. The van der Waals surface area contributed by atoms with E-state index in [1.165, 1.54) is 18.3 Å². The third-order valence-corrected chi connectivity index (χ3v) is 8.49. The SMILES string of the molecule is COC(=O)[C@@H]1CCCN1C(=O)[C@H](CS(C)=O)NC(=O)[C@H](CC(C)C)NC(=O)OCC1c2ccccc2-c2ccccc21. The van der Waals surface area contributed by atoms with Crippen molar-refractivity contribution in [2.75, 3.05) is 32.3 Å². The van der Waals surface area contributed by atoms with E-state index in [-0.39, 0.29) is 24.2 Å². The van der Waals surface area contributed by atoms with Crippen molar-refractivity contribution in [2.45, 2.75) is 57.2 Å². The topological polar surface area (TPSA) is 131 Å². The molecular formula is C31H39N3O7S. The monoisotopic (exact) mass is 597 g/mol. The molecule has 1 aliphatic carbocycles. The van der Waals surface area contributed by atoms with Crippen LogP contribution in [0, 0.1) is 5.92 Å². The number of methoxy groups -OCH3 is 1. The summed E-state index contributed by atoms with van der Waals surface area (Å²) in [6.45, 7) is 4.24. The lowest BCUT2D eigenvalue weighted by Gasteiger charge is -2.29. The highest BCUT2D eigenvalue weighted by molar-refractivity contribution is 7.84. The number of amides is 3. The summed E-state index contributed by atoms with van der Waals surface area (Å²) in [5, 5.41) is 5.37. The van der Waals surface area contributed by atoms with E-state index in [9.17, 15) is 23.4 Å². The molecule has 0 saturated carbocycles. The number of hydrogen-bond donors (Lipinski definition) is 2. The molecule has 0 bridgehead atoms. The Hall–Kier alpha value is -3.73. The van der Waals surface area contributed by atoms with Gasteiger partial charge in [-0.1, -0.05) is 62.4 Å². The smallest absolute Gasteiger partial charge is 0.407 e. The second kappa shape index (κ2) is 14.0. The maximum absolute atomic E-state index is 13.4. The van der Waals surface area contributed by atoms with Crippen LogP contribution in [-0.2, 0) is 34.7 Å². The number of esters is 1. The molecule has 0 aromatic heterocycles. The number of hydrogen-bond acceptors (Lipinski definition) is 7. The Morgan fingerprint density at radius 2 is 1.60 bits per heavy atom. The van der Waals surface area contributed by atoms with Gasteiger partial charge in [0, 0.05) is 29.5 Å². The van der Waals surface area contributed by atoms with E-state index in [1.54, 1.807) is 0 Å². The highest BCUT2D eigenvalue weighted by atomic mass is 32.2. The van der Waals surface area contributed by atoms with Gasteiger partial charge in [0.1, 0.15) is 24.7 Å². The van der Waals surface area contributed by atoms with Crippen LogP contribution in [0.1, 0.15) is 50.2 Å². The predicted molar refractivity (Wildman–Crippen MR) is 159 cm³/mol. The first-order chi connectivity index (χ1) is 20.1. The molecule has 10 nitrogen and oxygen atoms in total. The number of nitrogens with zero attached hydrogens (tertiary/aromatic N) is 1. The Kier molecular flexibility index (Phi) is 10.4. The molecule has 1 unspecified atom stereocenters. The van der Waals surface area contributed by atoms with Gasteiger partial charge in [0.05, 0.1) is 12.9 Å². The van der Waals surface area contributed by atoms with Crippen molar-refractivity contribution in [3.63, 3.8) is 0 Å². The first kappa shape index (κ1) is 31.2. The zero-order chi connectivity index (χ0) is 30.4. The van der Waals surface area contributed by atoms with Gasteiger partial charge in [0.15, 0.2) is 0 Å². The lowest BCUT2D eigenvalue weighted by molar-refractivity contribution is -0.151. The molecule has 0 radical (unpaired) electrons. The van der Waals surface area contributed by atoms with Crippen molar-refractivity contribution in [1.82, 2.24) is 15.5 Å². The van der Waals surface area contributed by atoms with Crippen molar-refractivity contribution in [2.24, 2.45) is 5.92 Å². The summed E-state index contributed by atoms with van der Waals surface area (Å²) in [6, 6.07) is 13.1. The van der Waals surface area contributed by atoms with Gasteiger partial charge in [-0.3, -0.25) is 13.8 Å². The molecule has 1 heterocycles. The van der Waals surface area contributed by atoms with Crippen LogP contribution in [0.3, 0.4) is 0 Å². The number of nitrogens with one attached hydrogen (secondary N) is 2. The molecule has 4 rings (SSSR count). The molecule has 4 atom stereocenters. The molecule has 1 fully saturated rings. The zero-order valence-electron chi connectivity index (χ0n) is 24.5. The van der Waals surface area contributed by atoms with Gasteiger partial charge in [-0.25, -0.2) is 9.59 Å². The van der Waals surface area contributed by atoms with Gasteiger partial charge in [0.2, 0.25) is 11.8 Å². The first-order valence-corrected chi connectivity index (χ1v) is 15.9. The minimum Gasteiger partial charge on any atom is -0.467 e. The Balaban J connectivity index is 1.44. The second-order valence-corrected chi connectivity index (χ2v) is 12.6. The number of carbonyl (C=O) groups excluding carboxylic acids is 4. The Morgan fingerprint density at radius 1 is 0.976 bits per heavy atom. The summed E-state index contributed by atoms with van der Waals surface area (Å²) in [5.41, 5.74) is 4.36. The number of rotatable bonds is 11. The fraction of sp³-hybridized carbons (Fsp3) is 0.484. The maximum Gasteiger partial charge on any atom is 0.407 e. The molecule has 2 aliphatic rings. The van der Waals surface area contributed by atoms with Crippen LogP contribution in [0.15, 0.2) is 48.5 Å². The number of ether oxygens (including phenoxy) is 2. The summed E-state index contributed by atoms with van der Waals surface area (Å²) in [6.07, 6.45) is 2.05. The summed E-state index contributed by atoms with van der Waals surface area (Å²) < 4.78 is 22.6. The van der Waals surface area contributed by atoms with Gasteiger partial charge in [-0.15, -0.1) is 0 Å². The largest absolute Gasteiger partial charge is 0.467 e. The number of likely N-dealkylation sites (tertiary alicyclic amines) is 1. The zero-order valence-corrected chi connectivity index (χ0v) is 25.3. The maximum atomic E-state index is 13.4. The lowest BCUT2D eigenvalue weighted by atomic mass is 9.98. The van der Waals surface area contributed by atoms with E-state index >= 15 is 0 Å². The normalized spacial score (nSPS) is 18.0. The van der Waals surface area contributed by atoms with Gasteiger partial charge in [-0.2, -0.15) is 0 Å².